The summed E-state index contributed by atoms with van der Waals surface area (Å²) in [4.78, 5) is 12.2. The average molecular weight is 448 g/mol. The lowest BCUT2D eigenvalue weighted by Crippen LogP contribution is -2.48. The molecule has 2 saturated heterocycles. The maximum Gasteiger partial charge on any atom is 0.177 e. The monoisotopic (exact) mass is 447 g/mol. The van der Waals surface area contributed by atoms with Crippen LogP contribution in [0.2, 0.25) is 5.02 Å². The van der Waals surface area contributed by atoms with Crippen molar-refractivity contribution in [2.24, 2.45) is 12.8 Å². The second-order valence-electron chi connectivity index (χ2n) is 8.83. The normalized spacial score (nSPS) is 22.7. The molecule has 0 saturated carbocycles. The van der Waals surface area contributed by atoms with E-state index in [4.69, 9.17) is 27.3 Å². The SMILES string of the molecule is Cc1nc2c(-c3ccc4nn(C)c(C#N)c4c3Cl)n[nH]c2nc1N1[C@@H]2CC[C@@H]1CC(N)C2. The lowest BCUT2D eigenvalue weighted by molar-refractivity contribution is 0.411. The van der Waals surface area contributed by atoms with Crippen LogP contribution in [0.3, 0.4) is 0 Å². The summed E-state index contributed by atoms with van der Waals surface area (Å²) in [6, 6.07) is 7.01. The van der Waals surface area contributed by atoms with E-state index in [1.54, 1.807) is 7.05 Å². The molecule has 0 spiro atoms. The molecule has 162 valence electrons. The number of nitrogens with two attached hydrogens (primary N) is 1. The third-order valence-electron chi connectivity index (χ3n) is 6.86. The largest absolute Gasteiger partial charge is 0.349 e. The highest BCUT2D eigenvalue weighted by Crippen LogP contribution is 2.41. The maximum atomic E-state index is 9.55. The van der Waals surface area contributed by atoms with Crippen LogP contribution in [0.15, 0.2) is 12.1 Å². The second kappa shape index (κ2) is 6.89. The van der Waals surface area contributed by atoms with Crippen LogP contribution in [0, 0.1) is 18.3 Å². The Morgan fingerprint density at radius 2 is 1.97 bits per heavy atom. The van der Waals surface area contributed by atoms with E-state index in [-0.39, 0.29) is 6.04 Å². The minimum absolute atomic E-state index is 0.266. The number of hydrogen-bond acceptors (Lipinski definition) is 7. The predicted molar refractivity (Wildman–Crippen MR) is 122 cm³/mol. The Balaban J connectivity index is 1.48. The third-order valence-corrected chi connectivity index (χ3v) is 7.25. The van der Waals surface area contributed by atoms with Gasteiger partial charge < -0.3 is 10.6 Å². The van der Waals surface area contributed by atoms with Gasteiger partial charge in [0.1, 0.15) is 23.0 Å². The number of aromatic amines is 1. The van der Waals surface area contributed by atoms with Crippen LogP contribution in [0.1, 0.15) is 37.1 Å². The quantitative estimate of drug-likeness (QED) is 0.483. The van der Waals surface area contributed by atoms with Crippen LogP contribution in [-0.4, -0.2) is 48.1 Å². The minimum Gasteiger partial charge on any atom is -0.349 e. The molecule has 10 heteroatoms. The van der Waals surface area contributed by atoms with Gasteiger partial charge in [0.15, 0.2) is 11.5 Å². The fourth-order valence-electron chi connectivity index (χ4n) is 5.47. The van der Waals surface area contributed by atoms with Gasteiger partial charge in [-0.2, -0.15) is 15.5 Å². The molecule has 0 aliphatic carbocycles. The number of halogens is 1. The summed E-state index contributed by atoms with van der Waals surface area (Å²) in [5.41, 5.74) is 10.8. The number of piperidine rings is 1. The standard InChI is InChI=1S/C22H22ClN9/c1-10-22(32-12-3-4-13(32)8-11(25)7-12)27-21-20(26-10)19(28-29-21)14-5-6-15-17(18(14)23)16(9-24)31(2)30-15/h5-6,11-13H,3-4,7-8,25H2,1-2H3,(H,27,28,29)/t12-,13-/m1/s1. The predicted octanol–water partition coefficient (Wildman–Crippen LogP) is 3.20. The Hall–Kier alpha value is -3.22. The Kier molecular flexibility index (Phi) is 4.19. The van der Waals surface area contributed by atoms with Crippen LogP contribution < -0.4 is 10.6 Å². The van der Waals surface area contributed by atoms with Crippen molar-refractivity contribution in [1.82, 2.24) is 29.9 Å². The van der Waals surface area contributed by atoms with Gasteiger partial charge in [0.05, 0.1) is 21.6 Å². The number of hydrogen-bond donors (Lipinski definition) is 2. The first-order valence-corrected chi connectivity index (χ1v) is 11.2. The molecular formula is C22H22ClN9. The highest BCUT2D eigenvalue weighted by atomic mass is 35.5. The number of aryl methyl sites for hydroxylation is 2. The van der Waals surface area contributed by atoms with Gasteiger partial charge in [0.2, 0.25) is 0 Å². The fourth-order valence-corrected chi connectivity index (χ4v) is 5.81. The first kappa shape index (κ1) is 19.5. The number of benzene rings is 1. The van der Waals surface area contributed by atoms with Gasteiger partial charge in [0.25, 0.3) is 0 Å². The third kappa shape index (κ3) is 2.66. The number of nitriles is 1. The van der Waals surface area contributed by atoms with Crippen LogP contribution in [0.4, 0.5) is 5.82 Å². The molecule has 3 N–H and O–H groups in total. The van der Waals surface area contributed by atoms with Crippen LogP contribution in [0.25, 0.3) is 33.3 Å². The number of anilines is 1. The van der Waals surface area contributed by atoms with E-state index in [9.17, 15) is 5.26 Å². The molecule has 1 aromatic carbocycles. The average Bonchev–Trinajstić information content (AvgIpc) is 3.39. The summed E-state index contributed by atoms with van der Waals surface area (Å²) >= 11 is 6.76. The van der Waals surface area contributed by atoms with Gasteiger partial charge in [-0.3, -0.25) is 9.78 Å². The zero-order chi connectivity index (χ0) is 22.1. The van der Waals surface area contributed by atoms with Crippen molar-refractivity contribution in [3.63, 3.8) is 0 Å². The van der Waals surface area contributed by atoms with E-state index in [1.165, 1.54) is 4.68 Å². The molecular weight excluding hydrogens is 426 g/mol. The van der Waals surface area contributed by atoms with E-state index < -0.39 is 0 Å². The topological polar surface area (TPSA) is 125 Å². The van der Waals surface area contributed by atoms with E-state index in [0.717, 1.165) is 37.2 Å². The van der Waals surface area contributed by atoms with Crippen molar-refractivity contribution in [2.75, 3.05) is 4.90 Å². The minimum atomic E-state index is 0.266. The summed E-state index contributed by atoms with van der Waals surface area (Å²) in [7, 11) is 1.73. The Bertz CT molecular complexity index is 1420. The fraction of sp³-hybridized carbons (Fsp3) is 0.409. The van der Waals surface area contributed by atoms with Gasteiger partial charge in [-0.25, -0.2) is 9.97 Å². The zero-order valence-corrected chi connectivity index (χ0v) is 18.6. The van der Waals surface area contributed by atoms with Crippen molar-refractivity contribution in [3.8, 4) is 17.3 Å². The smallest absolute Gasteiger partial charge is 0.177 e. The number of H-pyrrole nitrogens is 1. The summed E-state index contributed by atoms with van der Waals surface area (Å²) in [6.07, 6.45) is 4.28. The molecule has 2 fully saturated rings. The molecule has 3 aromatic heterocycles. The van der Waals surface area contributed by atoms with Crippen molar-refractivity contribution in [3.05, 3.63) is 28.5 Å². The Labute approximate surface area is 189 Å². The molecule has 4 aromatic rings. The van der Waals surface area contributed by atoms with Crippen molar-refractivity contribution >= 4 is 39.5 Å². The van der Waals surface area contributed by atoms with E-state index in [1.807, 2.05) is 19.1 Å². The van der Waals surface area contributed by atoms with Crippen molar-refractivity contribution < 1.29 is 0 Å². The summed E-state index contributed by atoms with van der Waals surface area (Å²) in [5.74, 6) is 0.910. The summed E-state index contributed by atoms with van der Waals surface area (Å²) < 4.78 is 1.54. The molecule has 32 heavy (non-hydrogen) atoms. The van der Waals surface area contributed by atoms with E-state index >= 15 is 0 Å². The van der Waals surface area contributed by atoms with Gasteiger partial charge >= 0.3 is 0 Å². The number of nitrogens with one attached hydrogen (secondary N) is 1. The van der Waals surface area contributed by atoms with Crippen LogP contribution in [-0.2, 0) is 7.05 Å². The molecule has 0 amide bonds. The highest BCUT2D eigenvalue weighted by Gasteiger charge is 2.41. The summed E-state index contributed by atoms with van der Waals surface area (Å²) in [6.45, 7) is 1.99. The van der Waals surface area contributed by atoms with Gasteiger partial charge in [-0.05, 0) is 44.7 Å². The first-order valence-electron chi connectivity index (χ1n) is 10.8. The highest BCUT2D eigenvalue weighted by molar-refractivity contribution is 6.38. The summed E-state index contributed by atoms with van der Waals surface area (Å²) in [5, 5.41) is 22.5. The second-order valence-corrected chi connectivity index (χ2v) is 9.21. The Morgan fingerprint density at radius 3 is 2.69 bits per heavy atom. The number of fused-ring (bicyclic) bond motifs is 4. The van der Waals surface area contributed by atoms with Crippen molar-refractivity contribution in [1.29, 1.82) is 5.26 Å². The Morgan fingerprint density at radius 1 is 1.22 bits per heavy atom. The molecule has 5 heterocycles. The van der Waals surface area contributed by atoms with E-state index in [0.29, 0.717) is 56.1 Å². The molecule has 2 bridgehead atoms. The molecule has 9 nitrogen and oxygen atoms in total. The van der Waals surface area contributed by atoms with Crippen molar-refractivity contribution in [2.45, 2.75) is 50.7 Å². The van der Waals surface area contributed by atoms with Gasteiger partial charge in [-0.15, -0.1) is 0 Å². The zero-order valence-electron chi connectivity index (χ0n) is 17.8. The van der Waals surface area contributed by atoms with Crippen LogP contribution in [0.5, 0.6) is 0 Å². The van der Waals surface area contributed by atoms with E-state index in [2.05, 4.69) is 26.3 Å². The lowest BCUT2D eigenvalue weighted by atomic mass is 9.98. The number of nitrogens with zero attached hydrogens (tertiary/aromatic N) is 7. The molecule has 2 atom stereocenters. The lowest BCUT2D eigenvalue weighted by Gasteiger charge is -2.39. The molecule has 6 rings (SSSR count). The molecule has 0 unspecified atom stereocenters. The maximum absolute atomic E-state index is 9.55. The molecule has 0 radical (unpaired) electrons. The van der Waals surface area contributed by atoms with Crippen LogP contribution >= 0.6 is 11.6 Å². The van der Waals surface area contributed by atoms with Gasteiger partial charge in [-0.1, -0.05) is 11.6 Å². The first-order chi connectivity index (χ1) is 15.5. The number of aromatic nitrogens is 6. The van der Waals surface area contributed by atoms with Gasteiger partial charge in [0, 0.05) is 30.7 Å². The molecule has 2 aliphatic heterocycles. The molecule has 2 aliphatic rings. The number of rotatable bonds is 2.